The van der Waals surface area contributed by atoms with Crippen molar-refractivity contribution in [1.82, 2.24) is 20.1 Å². The number of anilines is 1. The molecule has 2 N–H and O–H groups in total. The summed E-state index contributed by atoms with van der Waals surface area (Å²) in [5.41, 5.74) is 9.04. The first kappa shape index (κ1) is 14.9. The number of nitrogens with zero attached hydrogens (tertiary/aromatic N) is 4. The van der Waals surface area contributed by atoms with Crippen molar-refractivity contribution in [2.24, 2.45) is 5.92 Å². The Morgan fingerprint density at radius 3 is 3.00 bits per heavy atom. The summed E-state index contributed by atoms with van der Waals surface area (Å²) in [6, 6.07) is 3.69. The second kappa shape index (κ2) is 6.39. The van der Waals surface area contributed by atoms with Gasteiger partial charge in [0.15, 0.2) is 0 Å². The van der Waals surface area contributed by atoms with Crippen LogP contribution in [-0.2, 0) is 6.42 Å². The van der Waals surface area contributed by atoms with Gasteiger partial charge in [-0.05, 0) is 44.2 Å². The van der Waals surface area contributed by atoms with Gasteiger partial charge in [-0.2, -0.15) is 5.10 Å². The minimum atomic E-state index is 0.105. The van der Waals surface area contributed by atoms with Gasteiger partial charge >= 0.3 is 0 Å². The minimum absolute atomic E-state index is 0.105. The number of aryl methyl sites for hydroxylation is 1. The zero-order valence-electron chi connectivity index (χ0n) is 12.5. The van der Waals surface area contributed by atoms with Crippen molar-refractivity contribution in [3.05, 3.63) is 33.9 Å². The molecule has 1 unspecified atom stereocenters. The van der Waals surface area contributed by atoms with Crippen LogP contribution in [-0.4, -0.2) is 39.1 Å². The van der Waals surface area contributed by atoms with Crippen molar-refractivity contribution >= 4 is 23.1 Å². The van der Waals surface area contributed by atoms with Crippen LogP contribution in [0.3, 0.4) is 0 Å². The van der Waals surface area contributed by atoms with E-state index in [1.54, 1.807) is 11.6 Å². The Kier molecular flexibility index (Phi) is 4.33. The Morgan fingerprint density at radius 1 is 1.45 bits per heavy atom. The van der Waals surface area contributed by atoms with Gasteiger partial charge in [0.1, 0.15) is 10.7 Å². The first-order valence-electron chi connectivity index (χ1n) is 7.41. The van der Waals surface area contributed by atoms with Crippen LogP contribution in [0, 0.1) is 12.8 Å². The van der Waals surface area contributed by atoms with Gasteiger partial charge in [0.2, 0.25) is 0 Å². The lowest BCUT2D eigenvalue weighted by atomic mass is 9.93. The normalized spacial score (nSPS) is 18.4. The number of nitrogens with two attached hydrogens (primary N) is 1. The van der Waals surface area contributed by atoms with Gasteiger partial charge in [0, 0.05) is 13.1 Å². The third kappa shape index (κ3) is 3.24. The second-order valence-electron chi connectivity index (χ2n) is 5.68. The van der Waals surface area contributed by atoms with Crippen molar-refractivity contribution in [2.75, 3.05) is 18.8 Å². The Labute approximate surface area is 133 Å². The Bertz CT molecular complexity index is 654. The summed E-state index contributed by atoms with van der Waals surface area (Å²) >= 11 is 1.42. The molecule has 3 heterocycles. The van der Waals surface area contributed by atoms with Gasteiger partial charge in [0.05, 0.1) is 16.9 Å². The van der Waals surface area contributed by atoms with Crippen molar-refractivity contribution in [3.63, 3.8) is 0 Å². The van der Waals surface area contributed by atoms with Crippen LogP contribution in [0.15, 0.2) is 17.6 Å². The fourth-order valence-electron chi connectivity index (χ4n) is 2.84. The minimum Gasteiger partial charge on any atom is -0.382 e. The number of amides is 1. The number of nitrogen functional groups attached to an aromatic ring is 1. The molecule has 0 bridgehead atoms. The molecule has 1 saturated heterocycles. The van der Waals surface area contributed by atoms with Crippen LogP contribution in [0.25, 0.3) is 0 Å². The van der Waals surface area contributed by atoms with Gasteiger partial charge in [-0.15, -0.1) is 16.4 Å². The number of likely N-dealkylation sites (tertiary alicyclic amines) is 1. The van der Waals surface area contributed by atoms with E-state index in [0.717, 1.165) is 48.6 Å². The molecule has 116 valence electrons. The molecule has 1 atom stereocenters. The summed E-state index contributed by atoms with van der Waals surface area (Å²) in [5, 5.41) is 8.01. The lowest BCUT2D eigenvalue weighted by Crippen LogP contribution is -2.40. The molecule has 0 aliphatic carbocycles. The van der Waals surface area contributed by atoms with E-state index in [1.165, 1.54) is 11.3 Å². The van der Waals surface area contributed by atoms with Gasteiger partial charge in [-0.3, -0.25) is 4.79 Å². The summed E-state index contributed by atoms with van der Waals surface area (Å²) in [7, 11) is 0. The highest BCUT2D eigenvalue weighted by atomic mass is 32.1. The molecule has 0 radical (unpaired) electrons. The SMILES string of the molecule is Cc1ncsc1C(=O)N1CCCC(Cc2ccc(N)nn2)C1. The van der Waals surface area contributed by atoms with Crippen LogP contribution >= 0.6 is 11.3 Å². The molecule has 1 aliphatic rings. The lowest BCUT2D eigenvalue weighted by Gasteiger charge is -2.32. The predicted octanol–water partition coefficient (Wildman–Crippen LogP) is 1.92. The number of carbonyl (C=O) groups is 1. The lowest BCUT2D eigenvalue weighted by molar-refractivity contribution is 0.0676. The Morgan fingerprint density at radius 2 is 2.32 bits per heavy atom. The molecule has 0 saturated carbocycles. The van der Waals surface area contributed by atoms with E-state index in [4.69, 9.17) is 5.73 Å². The zero-order chi connectivity index (χ0) is 15.5. The third-order valence-corrected chi connectivity index (χ3v) is 4.90. The standard InChI is InChI=1S/C15H19N5OS/c1-10-14(22-9-17-10)15(21)20-6-2-3-11(8-20)7-12-4-5-13(16)19-18-12/h4-5,9,11H,2-3,6-8H2,1H3,(H2,16,19). The molecule has 1 amide bonds. The summed E-state index contributed by atoms with van der Waals surface area (Å²) in [6.07, 6.45) is 2.97. The van der Waals surface area contributed by atoms with Crippen molar-refractivity contribution < 1.29 is 4.79 Å². The monoisotopic (exact) mass is 317 g/mol. The number of hydrogen-bond donors (Lipinski definition) is 1. The first-order valence-corrected chi connectivity index (χ1v) is 8.29. The van der Waals surface area contributed by atoms with Crippen LogP contribution in [0.1, 0.15) is 33.9 Å². The number of thiazole rings is 1. The molecule has 2 aromatic heterocycles. The quantitative estimate of drug-likeness (QED) is 0.935. The molecule has 6 nitrogen and oxygen atoms in total. The summed E-state index contributed by atoms with van der Waals surface area (Å²) in [4.78, 5) is 19.4. The molecule has 0 aromatic carbocycles. The van der Waals surface area contributed by atoms with Crippen LogP contribution in [0.4, 0.5) is 5.82 Å². The van der Waals surface area contributed by atoms with E-state index >= 15 is 0 Å². The Balaban J connectivity index is 1.65. The maximum Gasteiger partial charge on any atom is 0.265 e. The summed E-state index contributed by atoms with van der Waals surface area (Å²) in [5.74, 6) is 0.960. The van der Waals surface area contributed by atoms with Crippen molar-refractivity contribution in [3.8, 4) is 0 Å². The van der Waals surface area contributed by atoms with E-state index in [1.807, 2.05) is 17.9 Å². The number of carbonyl (C=O) groups excluding carboxylic acids is 1. The van der Waals surface area contributed by atoms with E-state index in [-0.39, 0.29) is 5.91 Å². The van der Waals surface area contributed by atoms with Crippen LogP contribution < -0.4 is 5.73 Å². The highest BCUT2D eigenvalue weighted by Gasteiger charge is 2.26. The fraction of sp³-hybridized carbons (Fsp3) is 0.467. The topological polar surface area (TPSA) is 85.0 Å². The molecule has 3 rings (SSSR count). The average Bonchev–Trinajstić information content (AvgIpc) is 2.95. The smallest absolute Gasteiger partial charge is 0.265 e. The molecule has 1 fully saturated rings. The van der Waals surface area contributed by atoms with E-state index in [9.17, 15) is 4.79 Å². The largest absolute Gasteiger partial charge is 0.382 e. The van der Waals surface area contributed by atoms with Crippen molar-refractivity contribution in [1.29, 1.82) is 0 Å². The predicted molar refractivity (Wildman–Crippen MR) is 85.6 cm³/mol. The third-order valence-electron chi connectivity index (χ3n) is 3.98. The average molecular weight is 317 g/mol. The molecule has 7 heteroatoms. The number of hydrogen-bond acceptors (Lipinski definition) is 6. The fourth-order valence-corrected chi connectivity index (χ4v) is 3.61. The molecular weight excluding hydrogens is 298 g/mol. The molecule has 1 aliphatic heterocycles. The Hall–Kier alpha value is -2.02. The van der Waals surface area contributed by atoms with Gasteiger partial charge < -0.3 is 10.6 Å². The first-order chi connectivity index (χ1) is 10.6. The van der Waals surface area contributed by atoms with E-state index < -0.39 is 0 Å². The van der Waals surface area contributed by atoms with E-state index in [0.29, 0.717) is 11.7 Å². The van der Waals surface area contributed by atoms with Crippen LogP contribution in [0.5, 0.6) is 0 Å². The van der Waals surface area contributed by atoms with Crippen LogP contribution in [0.2, 0.25) is 0 Å². The maximum atomic E-state index is 12.6. The summed E-state index contributed by atoms with van der Waals surface area (Å²) < 4.78 is 0. The van der Waals surface area contributed by atoms with Gasteiger partial charge in [-0.25, -0.2) is 4.98 Å². The number of aromatic nitrogens is 3. The molecule has 2 aromatic rings. The summed E-state index contributed by atoms with van der Waals surface area (Å²) in [6.45, 7) is 3.47. The van der Waals surface area contributed by atoms with Gasteiger partial charge in [0.25, 0.3) is 5.91 Å². The number of rotatable bonds is 3. The number of piperidine rings is 1. The molecule has 0 spiro atoms. The zero-order valence-corrected chi connectivity index (χ0v) is 13.3. The maximum absolute atomic E-state index is 12.6. The van der Waals surface area contributed by atoms with Crippen molar-refractivity contribution in [2.45, 2.75) is 26.2 Å². The van der Waals surface area contributed by atoms with E-state index in [2.05, 4.69) is 15.2 Å². The molecular formula is C15H19N5OS. The highest BCUT2D eigenvalue weighted by Crippen LogP contribution is 2.23. The molecule has 22 heavy (non-hydrogen) atoms. The second-order valence-corrected chi connectivity index (χ2v) is 6.53. The van der Waals surface area contributed by atoms with Gasteiger partial charge in [-0.1, -0.05) is 0 Å². The highest BCUT2D eigenvalue weighted by molar-refractivity contribution is 7.11.